The van der Waals surface area contributed by atoms with Crippen molar-refractivity contribution >= 4 is 69.3 Å². The highest BCUT2D eigenvalue weighted by molar-refractivity contribution is 6.57. The predicted molar refractivity (Wildman–Crippen MR) is 203 cm³/mol. The van der Waals surface area contributed by atoms with E-state index in [0.717, 1.165) is 43.5 Å². The van der Waals surface area contributed by atoms with E-state index in [9.17, 15) is 9.59 Å². The molecule has 49 heavy (non-hydrogen) atoms. The average molecular weight is 728 g/mol. The molecule has 7 heteroatoms. The maximum atomic E-state index is 13.9. The fourth-order valence-corrected chi connectivity index (χ4v) is 10.4. The van der Waals surface area contributed by atoms with Crippen molar-refractivity contribution in [3.8, 4) is 11.1 Å². The standard InChI is InChI=1S/C42H35Cl4NO2/c1-21-19-22(2)38(23(3)20-21)47-28-15-13-25-24-11-7-8-12-27(24)41(4,5)32(25)33(28)42(17-9-6-10-18-42)29(47)16-14-26-39(48)30-31(40(26)49)35(44)37(46)36(45)34(30)43/h7-8,11-16,19-20H,6,9-10,17-18H2,1-5H3/b29-16-. The quantitative estimate of drug-likeness (QED) is 0.0893. The lowest BCUT2D eigenvalue weighted by Gasteiger charge is -2.39. The maximum Gasteiger partial charge on any atom is 0.199 e. The molecule has 4 aliphatic rings. The molecule has 0 saturated heterocycles. The van der Waals surface area contributed by atoms with Crippen molar-refractivity contribution in [1.29, 1.82) is 0 Å². The second-order valence-electron chi connectivity index (χ2n) is 14.6. The summed E-state index contributed by atoms with van der Waals surface area (Å²) in [7, 11) is 0. The molecule has 1 saturated carbocycles. The summed E-state index contributed by atoms with van der Waals surface area (Å²) in [5.41, 5.74) is 13.0. The fraction of sp³-hybridized carbons (Fsp3) is 0.286. The van der Waals surface area contributed by atoms with Gasteiger partial charge in [-0.2, -0.15) is 0 Å². The van der Waals surface area contributed by atoms with Crippen molar-refractivity contribution in [2.45, 2.75) is 77.6 Å². The first-order valence-corrected chi connectivity index (χ1v) is 18.4. The topological polar surface area (TPSA) is 37.4 Å². The van der Waals surface area contributed by atoms with Gasteiger partial charge in [-0.25, -0.2) is 0 Å². The molecule has 8 rings (SSSR count). The highest BCUT2D eigenvalue weighted by Crippen LogP contribution is 2.64. The molecule has 3 nitrogen and oxygen atoms in total. The molecule has 0 aromatic heterocycles. The summed E-state index contributed by atoms with van der Waals surface area (Å²) in [5, 5.41) is -0.173. The van der Waals surface area contributed by atoms with Gasteiger partial charge in [0.25, 0.3) is 0 Å². The Morgan fingerprint density at radius 3 is 1.90 bits per heavy atom. The average Bonchev–Trinajstić information content (AvgIpc) is 3.57. The van der Waals surface area contributed by atoms with Crippen LogP contribution in [0, 0.1) is 20.8 Å². The van der Waals surface area contributed by atoms with Gasteiger partial charge in [0.05, 0.1) is 48.2 Å². The largest absolute Gasteiger partial charge is 0.312 e. The van der Waals surface area contributed by atoms with Crippen molar-refractivity contribution in [2.75, 3.05) is 4.90 Å². The first-order chi connectivity index (χ1) is 23.3. The van der Waals surface area contributed by atoms with E-state index in [1.807, 2.05) is 6.08 Å². The smallest absolute Gasteiger partial charge is 0.199 e. The van der Waals surface area contributed by atoms with E-state index in [0.29, 0.717) is 0 Å². The van der Waals surface area contributed by atoms with Crippen molar-refractivity contribution < 1.29 is 9.59 Å². The number of nitrogens with zero attached hydrogens (tertiary/aromatic N) is 1. The van der Waals surface area contributed by atoms with E-state index in [1.165, 1.54) is 50.2 Å². The van der Waals surface area contributed by atoms with Crippen LogP contribution in [-0.2, 0) is 10.8 Å². The van der Waals surface area contributed by atoms with Crippen molar-refractivity contribution in [3.05, 3.63) is 137 Å². The van der Waals surface area contributed by atoms with Crippen LogP contribution in [0.15, 0.2) is 72.0 Å². The van der Waals surface area contributed by atoms with E-state index < -0.39 is 11.6 Å². The molecular formula is C42H35Cl4NO2. The zero-order chi connectivity index (χ0) is 34.7. The van der Waals surface area contributed by atoms with E-state index in [4.69, 9.17) is 46.4 Å². The Labute approximate surface area is 307 Å². The van der Waals surface area contributed by atoms with Gasteiger partial charge in [0.1, 0.15) is 0 Å². The molecule has 0 radical (unpaired) electrons. The molecule has 1 spiro atoms. The third-order valence-electron chi connectivity index (χ3n) is 11.3. The van der Waals surface area contributed by atoms with Crippen LogP contribution in [0.1, 0.15) is 100 Å². The molecule has 4 aromatic carbocycles. The lowest BCUT2D eigenvalue weighted by atomic mass is 9.64. The highest BCUT2D eigenvalue weighted by Gasteiger charge is 2.53. The summed E-state index contributed by atoms with van der Waals surface area (Å²) in [5.74, 6) is -0.996. The second kappa shape index (κ2) is 11.3. The van der Waals surface area contributed by atoms with Gasteiger partial charge in [0, 0.05) is 16.5 Å². The lowest BCUT2D eigenvalue weighted by molar-refractivity contribution is 0.0989. The van der Waals surface area contributed by atoms with Crippen LogP contribution in [-0.4, -0.2) is 11.6 Å². The monoisotopic (exact) mass is 725 g/mol. The van der Waals surface area contributed by atoms with Crippen LogP contribution in [0.5, 0.6) is 0 Å². The Morgan fingerprint density at radius 2 is 1.29 bits per heavy atom. The first-order valence-electron chi connectivity index (χ1n) is 16.8. The summed E-state index contributed by atoms with van der Waals surface area (Å²) in [6.07, 6.45) is 8.95. The van der Waals surface area contributed by atoms with Gasteiger partial charge in [-0.1, -0.05) is 128 Å². The number of hydrogen-bond acceptors (Lipinski definition) is 3. The van der Waals surface area contributed by atoms with Crippen molar-refractivity contribution in [2.24, 2.45) is 0 Å². The number of carbonyl (C=O) groups excluding carboxylic acids is 2. The van der Waals surface area contributed by atoms with Gasteiger partial charge in [-0.15, -0.1) is 0 Å². The van der Waals surface area contributed by atoms with Crippen LogP contribution in [0.25, 0.3) is 11.1 Å². The first kappa shape index (κ1) is 32.8. The highest BCUT2D eigenvalue weighted by atomic mass is 35.5. The number of ketones is 2. The van der Waals surface area contributed by atoms with E-state index >= 15 is 0 Å². The van der Waals surface area contributed by atoms with Gasteiger partial charge in [-0.3, -0.25) is 9.59 Å². The Balaban J connectivity index is 1.43. The number of hydrogen-bond donors (Lipinski definition) is 0. The van der Waals surface area contributed by atoms with Crippen molar-refractivity contribution in [1.82, 2.24) is 0 Å². The predicted octanol–water partition coefficient (Wildman–Crippen LogP) is 12.8. The molecule has 3 aliphatic carbocycles. The van der Waals surface area contributed by atoms with Crippen LogP contribution in [0.2, 0.25) is 20.1 Å². The summed E-state index contributed by atoms with van der Waals surface area (Å²) in [6.45, 7) is 11.2. The minimum Gasteiger partial charge on any atom is -0.312 e. The molecule has 1 heterocycles. The summed E-state index contributed by atoms with van der Waals surface area (Å²) in [6, 6.07) is 17.8. The van der Waals surface area contributed by atoms with Gasteiger partial charge < -0.3 is 4.90 Å². The number of fused-ring (bicyclic) bond motifs is 7. The van der Waals surface area contributed by atoms with Gasteiger partial charge in [0.15, 0.2) is 11.6 Å². The number of rotatable bonds is 2. The van der Waals surface area contributed by atoms with Crippen LogP contribution in [0.3, 0.4) is 0 Å². The zero-order valence-electron chi connectivity index (χ0n) is 28.1. The number of carbonyl (C=O) groups is 2. The molecule has 0 atom stereocenters. The number of aryl methyl sites for hydroxylation is 3. The number of benzene rings is 4. The van der Waals surface area contributed by atoms with Crippen LogP contribution < -0.4 is 4.90 Å². The molecule has 0 unspecified atom stereocenters. The summed E-state index contributed by atoms with van der Waals surface area (Å²) in [4.78, 5) is 30.3. The van der Waals surface area contributed by atoms with Crippen molar-refractivity contribution in [3.63, 3.8) is 0 Å². The number of halogens is 4. The fourth-order valence-electron chi connectivity index (χ4n) is 9.41. The van der Waals surface area contributed by atoms with E-state index in [1.54, 1.807) is 6.08 Å². The van der Waals surface area contributed by atoms with Crippen LogP contribution in [0.4, 0.5) is 11.4 Å². The molecular weight excluding hydrogens is 692 g/mol. The Bertz CT molecular complexity index is 2180. The SMILES string of the molecule is Cc1cc(C)c(N2/C(=C\C=C3C(=O)c4c(Cl)c(Cl)c(Cl)c(Cl)c4C3=O)C3(CCCCC3)c3c2ccc2c3C(C)(C)c3ccccc3-2)c(C)c1. The molecule has 0 bridgehead atoms. The van der Waals surface area contributed by atoms with E-state index in [2.05, 4.69) is 88.0 Å². The van der Waals surface area contributed by atoms with E-state index in [-0.39, 0.29) is 47.6 Å². The maximum absolute atomic E-state index is 13.9. The molecule has 248 valence electrons. The molecule has 0 amide bonds. The molecule has 0 N–H and O–H groups in total. The number of allylic oxidation sites excluding steroid dienone is 4. The van der Waals surface area contributed by atoms with Gasteiger partial charge in [-0.05, 0) is 90.8 Å². The number of Topliss-reactive ketones (excluding diaryl/α,β-unsaturated/α-hetero) is 2. The molecule has 1 fully saturated rings. The molecule has 4 aromatic rings. The molecule has 1 aliphatic heterocycles. The summed E-state index contributed by atoms with van der Waals surface area (Å²) >= 11 is 25.7. The Kier molecular flexibility index (Phi) is 7.60. The summed E-state index contributed by atoms with van der Waals surface area (Å²) < 4.78 is 0. The second-order valence-corrected chi connectivity index (χ2v) is 16.1. The minimum atomic E-state index is -0.498. The third-order valence-corrected chi connectivity index (χ3v) is 13.1. The Morgan fingerprint density at radius 1 is 0.694 bits per heavy atom. The third kappa shape index (κ3) is 4.42. The Hall–Kier alpha value is -3.34. The van der Waals surface area contributed by atoms with Gasteiger partial charge >= 0.3 is 0 Å². The van der Waals surface area contributed by atoms with Crippen LogP contribution >= 0.6 is 46.4 Å². The lowest BCUT2D eigenvalue weighted by Crippen LogP contribution is -2.34. The zero-order valence-corrected chi connectivity index (χ0v) is 31.1. The minimum absolute atomic E-state index is 0.00168. The number of anilines is 2. The van der Waals surface area contributed by atoms with Gasteiger partial charge in [0.2, 0.25) is 0 Å². The normalized spacial score (nSPS) is 19.1.